The van der Waals surface area contributed by atoms with Crippen LogP contribution in [0.2, 0.25) is 15.1 Å². The number of carbonyl (C=O) groups is 2. The first-order valence-corrected chi connectivity index (χ1v) is 12.8. The summed E-state index contributed by atoms with van der Waals surface area (Å²) in [5.74, 6) is -0.325. The molecule has 0 fully saturated rings. The molecular weight excluding hydrogens is 499 g/mol. The quantitative estimate of drug-likeness (QED) is 0.361. The van der Waals surface area contributed by atoms with Gasteiger partial charge in [-0.25, -0.2) is 0 Å². The zero-order chi connectivity index (χ0) is 23.5. The molecule has 2 amide bonds. The lowest BCUT2D eigenvalue weighted by molar-refractivity contribution is -0.134. The first kappa shape index (κ1) is 24.1. The predicted molar refractivity (Wildman–Crippen MR) is 136 cm³/mol. The second-order valence-corrected chi connectivity index (χ2v) is 10.2. The van der Waals surface area contributed by atoms with Gasteiger partial charge in [0.2, 0.25) is 5.91 Å². The zero-order valence-corrected chi connectivity index (χ0v) is 21.1. The SMILES string of the molecule is CCCN(CC(=O)N1CCc2sccc2C1c1ccc(Cl)cc1)C(=O)c1ccc(Cl)c(Cl)c1. The molecule has 8 heteroatoms. The average Bonchev–Trinajstić information content (AvgIpc) is 3.29. The molecule has 1 aromatic heterocycles. The molecule has 172 valence electrons. The third-order valence-corrected chi connectivity index (χ3v) is 7.73. The van der Waals surface area contributed by atoms with E-state index in [4.69, 9.17) is 34.8 Å². The number of amides is 2. The predicted octanol–water partition coefficient (Wildman–Crippen LogP) is 6.73. The number of thiophene rings is 1. The van der Waals surface area contributed by atoms with Crippen molar-refractivity contribution in [2.75, 3.05) is 19.6 Å². The van der Waals surface area contributed by atoms with Crippen molar-refractivity contribution >= 4 is 58.0 Å². The van der Waals surface area contributed by atoms with Crippen LogP contribution in [-0.2, 0) is 11.2 Å². The minimum absolute atomic E-state index is 0.00349. The number of hydrogen-bond acceptors (Lipinski definition) is 3. The Morgan fingerprint density at radius 3 is 2.52 bits per heavy atom. The minimum atomic E-state index is -0.236. The Balaban J connectivity index is 1.61. The Bertz CT molecular complexity index is 1160. The van der Waals surface area contributed by atoms with E-state index in [0.717, 1.165) is 24.0 Å². The Labute approximate surface area is 212 Å². The summed E-state index contributed by atoms with van der Waals surface area (Å²) in [5.41, 5.74) is 2.56. The summed E-state index contributed by atoms with van der Waals surface area (Å²) in [6, 6.07) is 14.3. The molecule has 3 aromatic rings. The van der Waals surface area contributed by atoms with Crippen LogP contribution in [0.4, 0.5) is 0 Å². The van der Waals surface area contributed by atoms with Gasteiger partial charge >= 0.3 is 0 Å². The van der Waals surface area contributed by atoms with Crippen LogP contribution in [0.25, 0.3) is 0 Å². The van der Waals surface area contributed by atoms with Gasteiger partial charge in [0.1, 0.15) is 6.54 Å². The molecule has 2 heterocycles. The van der Waals surface area contributed by atoms with Gasteiger partial charge in [-0.2, -0.15) is 0 Å². The van der Waals surface area contributed by atoms with Gasteiger partial charge < -0.3 is 9.80 Å². The molecule has 33 heavy (non-hydrogen) atoms. The van der Waals surface area contributed by atoms with Crippen molar-refractivity contribution in [3.8, 4) is 0 Å². The monoisotopic (exact) mass is 520 g/mol. The van der Waals surface area contributed by atoms with E-state index in [-0.39, 0.29) is 24.4 Å². The molecule has 1 atom stereocenters. The molecule has 1 aliphatic heterocycles. The Kier molecular flexibility index (Phi) is 7.65. The first-order valence-electron chi connectivity index (χ1n) is 10.7. The fraction of sp³-hybridized carbons (Fsp3) is 0.280. The molecule has 4 rings (SSSR count). The summed E-state index contributed by atoms with van der Waals surface area (Å²) in [6.45, 7) is 3.04. The van der Waals surface area contributed by atoms with Crippen LogP contribution in [0.15, 0.2) is 53.9 Å². The summed E-state index contributed by atoms with van der Waals surface area (Å²) < 4.78 is 0. The second kappa shape index (κ2) is 10.5. The first-order chi connectivity index (χ1) is 15.9. The van der Waals surface area contributed by atoms with E-state index >= 15 is 0 Å². The summed E-state index contributed by atoms with van der Waals surface area (Å²) in [7, 11) is 0. The normalized spacial score (nSPS) is 15.3. The van der Waals surface area contributed by atoms with Gasteiger partial charge in [0.15, 0.2) is 0 Å². The smallest absolute Gasteiger partial charge is 0.254 e. The Morgan fingerprint density at radius 2 is 1.82 bits per heavy atom. The number of benzene rings is 2. The maximum absolute atomic E-state index is 13.6. The van der Waals surface area contributed by atoms with E-state index in [0.29, 0.717) is 33.7 Å². The summed E-state index contributed by atoms with van der Waals surface area (Å²) >= 11 is 19.9. The Hall–Kier alpha value is -2.05. The number of rotatable bonds is 6. The van der Waals surface area contributed by atoms with Crippen LogP contribution in [-0.4, -0.2) is 41.2 Å². The van der Waals surface area contributed by atoms with Crippen molar-refractivity contribution in [3.63, 3.8) is 0 Å². The van der Waals surface area contributed by atoms with Crippen LogP contribution in [0.3, 0.4) is 0 Å². The molecule has 1 aliphatic rings. The standard InChI is InChI=1S/C25H23Cl3N2O2S/c1-2-11-29(25(32)17-5-8-20(27)21(28)14-17)15-23(31)30-12-9-22-19(10-13-33-22)24(30)16-3-6-18(26)7-4-16/h3-8,10,13-14,24H,2,9,11-12,15H2,1H3. The van der Waals surface area contributed by atoms with Gasteiger partial charge in [-0.15, -0.1) is 11.3 Å². The summed E-state index contributed by atoms with van der Waals surface area (Å²) in [4.78, 5) is 31.5. The molecule has 0 radical (unpaired) electrons. The number of nitrogens with zero attached hydrogens (tertiary/aromatic N) is 2. The highest BCUT2D eigenvalue weighted by atomic mass is 35.5. The van der Waals surface area contributed by atoms with Crippen molar-refractivity contribution in [1.29, 1.82) is 0 Å². The molecule has 1 unspecified atom stereocenters. The molecule has 0 saturated heterocycles. The van der Waals surface area contributed by atoms with Crippen molar-refractivity contribution in [2.24, 2.45) is 0 Å². The Morgan fingerprint density at radius 1 is 1.06 bits per heavy atom. The maximum Gasteiger partial charge on any atom is 0.254 e. The van der Waals surface area contributed by atoms with Crippen LogP contribution in [0.5, 0.6) is 0 Å². The summed E-state index contributed by atoms with van der Waals surface area (Å²) in [6.07, 6.45) is 1.53. The largest absolute Gasteiger partial charge is 0.330 e. The fourth-order valence-corrected chi connectivity index (χ4v) is 5.51. The highest BCUT2D eigenvalue weighted by Gasteiger charge is 2.34. The van der Waals surface area contributed by atoms with E-state index in [9.17, 15) is 9.59 Å². The zero-order valence-electron chi connectivity index (χ0n) is 18.1. The van der Waals surface area contributed by atoms with Crippen molar-refractivity contribution in [2.45, 2.75) is 25.8 Å². The van der Waals surface area contributed by atoms with E-state index in [1.807, 2.05) is 36.1 Å². The molecular formula is C25H23Cl3N2O2S. The van der Waals surface area contributed by atoms with Crippen molar-refractivity contribution in [1.82, 2.24) is 9.80 Å². The molecule has 0 saturated carbocycles. The lowest BCUT2D eigenvalue weighted by atomic mass is 9.93. The van der Waals surface area contributed by atoms with Crippen LogP contribution >= 0.6 is 46.1 Å². The third kappa shape index (κ3) is 5.22. The van der Waals surface area contributed by atoms with E-state index in [1.54, 1.807) is 34.4 Å². The fourth-order valence-electron chi connectivity index (χ4n) is 4.18. The van der Waals surface area contributed by atoms with Gasteiger partial charge in [0.05, 0.1) is 16.1 Å². The minimum Gasteiger partial charge on any atom is -0.330 e. The van der Waals surface area contributed by atoms with Crippen LogP contribution < -0.4 is 0 Å². The molecule has 2 aromatic carbocycles. The lowest BCUT2D eigenvalue weighted by Gasteiger charge is -2.37. The third-order valence-electron chi connectivity index (χ3n) is 5.75. The van der Waals surface area contributed by atoms with Gasteiger partial charge in [-0.1, -0.05) is 53.9 Å². The van der Waals surface area contributed by atoms with Gasteiger partial charge in [-0.05, 0) is 65.7 Å². The average molecular weight is 522 g/mol. The second-order valence-electron chi connectivity index (χ2n) is 7.95. The number of hydrogen-bond donors (Lipinski definition) is 0. The highest BCUT2D eigenvalue weighted by Crippen LogP contribution is 2.38. The van der Waals surface area contributed by atoms with E-state index < -0.39 is 0 Å². The van der Waals surface area contributed by atoms with Crippen LogP contribution in [0.1, 0.15) is 45.7 Å². The van der Waals surface area contributed by atoms with Gasteiger partial charge in [0.25, 0.3) is 5.91 Å². The maximum atomic E-state index is 13.6. The van der Waals surface area contributed by atoms with Crippen molar-refractivity contribution in [3.05, 3.63) is 90.5 Å². The summed E-state index contributed by atoms with van der Waals surface area (Å²) in [5, 5.41) is 3.42. The molecule has 0 bridgehead atoms. The number of halogens is 3. The molecule has 4 nitrogen and oxygen atoms in total. The molecule has 0 aliphatic carbocycles. The molecule has 0 spiro atoms. The van der Waals surface area contributed by atoms with Crippen LogP contribution in [0, 0.1) is 0 Å². The topological polar surface area (TPSA) is 40.6 Å². The molecule has 0 N–H and O–H groups in total. The van der Waals surface area contributed by atoms with Crippen molar-refractivity contribution < 1.29 is 9.59 Å². The van der Waals surface area contributed by atoms with E-state index in [1.165, 1.54) is 4.88 Å². The van der Waals surface area contributed by atoms with E-state index in [2.05, 4.69) is 11.4 Å². The van der Waals surface area contributed by atoms with Gasteiger partial charge in [-0.3, -0.25) is 9.59 Å². The number of fused-ring (bicyclic) bond motifs is 1. The number of carbonyl (C=O) groups excluding carboxylic acids is 2. The van der Waals surface area contributed by atoms with Gasteiger partial charge in [0, 0.05) is 28.6 Å². The lowest BCUT2D eigenvalue weighted by Crippen LogP contribution is -2.47. The highest BCUT2D eigenvalue weighted by molar-refractivity contribution is 7.10.